The second-order valence-corrected chi connectivity index (χ2v) is 6.77. The van der Waals surface area contributed by atoms with Crippen molar-refractivity contribution in [2.45, 2.75) is 19.9 Å². The van der Waals surface area contributed by atoms with Gasteiger partial charge in [0.15, 0.2) is 5.13 Å². The molecular formula is C17H18N4O3S. The van der Waals surface area contributed by atoms with Gasteiger partial charge < -0.3 is 0 Å². The Morgan fingerprint density at radius 2 is 2.36 bits per heavy atom. The predicted octanol–water partition coefficient (Wildman–Crippen LogP) is 3.08. The normalized spacial score (nSPS) is 14.4. The van der Waals surface area contributed by atoms with Gasteiger partial charge in [-0.25, -0.2) is 4.98 Å². The third-order valence-corrected chi connectivity index (χ3v) is 4.99. The van der Waals surface area contributed by atoms with Crippen LogP contribution in [0.25, 0.3) is 6.08 Å². The van der Waals surface area contributed by atoms with Crippen LogP contribution in [0.2, 0.25) is 0 Å². The van der Waals surface area contributed by atoms with E-state index in [4.69, 9.17) is 0 Å². The number of carbonyl (C=O) groups excluding carboxylic acids is 1. The molecule has 1 aliphatic rings. The number of hydrogen-bond acceptors (Lipinski definition) is 6. The predicted molar refractivity (Wildman–Crippen MR) is 97.5 cm³/mol. The number of likely N-dealkylation sites (N-methyl/N-ethyl adjacent to an activating group) is 1. The number of thiazole rings is 1. The first kappa shape index (κ1) is 17.2. The van der Waals surface area contributed by atoms with E-state index in [0.29, 0.717) is 10.7 Å². The smallest absolute Gasteiger partial charge is 0.270 e. The molecule has 7 nitrogen and oxygen atoms in total. The number of benzene rings is 1. The summed E-state index contributed by atoms with van der Waals surface area (Å²) in [5, 5.41) is 14.1. The number of carbonyl (C=O) groups is 1. The number of nitrogens with one attached hydrogen (secondary N) is 1. The van der Waals surface area contributed by atoms with Gasteiger partial charge in [0.25, 0.3) is 5.69 Å². The van der Waals surface area contributed by atoms with Gasteiger partial charge >= 0.3 is 0 Å². The lowest BCUT2D eigenvalue weighted by molar-refractivity contribution is -0.384. The summed E-state index contributed by atoms with van der Waals surface area (Å²) in [6.07, 6.45) is 3.81. The minimum Gasteiger partial charge on any atom is -0.298 e. The molecule has 0 unspecified atom stereocenters. The lowest BCUT2D eigenvalue weighted by atomic mass is 10.2. The van der Waals surface area contributed by atoms with E-state index in [1.165, 1.54) is 34.4 Å². The van der Waals surface area contributed by atoms with Gasteiger partial charge in [0.05, 0.1) is 10.6 Å². The van der Waals surface area contributed by atoms with Gasteiger partial charge in [0, 0.05) is 42.6 Å². The number of amides is 1. The topological polar surface area (TPSA) is 88.4 Å². The maximum Gasteiger partial charge on any atom is 0.270 e. The molecule has 130 valence electrons. The summed E-state index contributed by atoms with van der Waals surface area (Å²) >= 11 is 1.50. The second-order valence-electron chi connectivity index (χ2n) is 5.68. The molecule has 0 aliphatic carbocycles. The van der Waals surface area contributed by atoms with Gasteiger partial charge in [-0.05, 0) is 18.2 Å². The number of hydrogen-bond donors (Lipinski definition) is 1. The minimum atomic E-state index is -0.461. The van der Waals surface area contributed by atoms with Crippen molar-refractivity contribution in [1.29, 1.82) is 0 Å². The lowest BCUT2D eigenvalue weighted by Crippen LogP contribution is -2.29. The van der Waals surface area contributed by atoms with Gasteiger partial charge in [-0.15, -0.1) is 11.3 Å². The Balaban J connectivity index is 1.64. The summed E-state index contributed by atoms with van der Waals surface area (Å²) < 4.78 is 0. The number of nitro groups is 1. The van der Waals surface area contributed by atoms with E-state index in [1.54, 1.807) is 18.2 Å². The van der Waals surface area contributed by atoms with Crippen molar-refractivity contribution in [3.8, 4) is 0 Å². The second kappa shape index (κ2) is 7.54. The van der Waals surface area contributed by atoms with Crippen LogP contribution in [0.4, 0.5) is 10.8 Å². The summed E-state index contributed by atoms with van der Waals surface area (Å²) in [6.45, 7) is 5.01. The zero-order chi connectivity index (χ0) is 17.8. The van der Waals surface area contributed by atoms with Crippen LogP contribution < -0.4 is 5.32 Å². The molecule has 1 aliphatic heterocycles. The molecule has 8 heteroatoms. The molecule has 1 aromatic heterocycles. The highest BCUT2D eigenvalue weighted by Gasteiger charge is 2.19. The number of anilines is 1. The highest BCUT2D eigenvalue weighted by Crippen LogP contribution is 2.28. The quantitative estimate of drug-likeness (QED) is 0.504. The van der Waals surface area contributed by atoms with Gasteiger partial charge in [-0.3, -0.25) is 25.1 Å². The zero-order valence-electron chi connectivity index (χ0n) is 13.8. The van der Waals surface area contributed by atoms with Gasteiger partial charge in [0.2, 0.25) is 5.91 Å². The Hall–Kier alpha value is -2.58. The molecule has 0 saturated heterocycles. The van der Waals surface area contributed by atoms with Gasteiger partial charge in [-0.1, -0.05) is 19.1 Å². The number of rotatable bonds is 5. The van der Waals surface area contributed by atoms with Crippen molar-refractivity contribution >= 4 is 34.1 Å². The Bertz CT molecular complexity index is 831. The van der Waals surface area contributed by atoms with Crippen LogP contribution in [0, 0.1) is 10.1 Å². The molecule has 3 rings (SSSR count). The van der Waals surface area contributed by atoms with E-state index in [0.717, 1.165) is 31.7 Å². The van der Waals surface area contributed by atoms with Crippen molar-refractivity contribution in [2.24, 2.45) is 0 Å². The van der Waals surface area contributed by atoms with Crippen molar-refractivity contribution in [2.75, 3.05) is 18.4 Å². The molecular weight excluding hydrogens is 340 g/mol. The SMILES string of the molecule is CCN1CCc2nc(NC(=O)C=Cc3cccc([N+](=O)[O-])c3)sc2C1. The van der Waals surface area contributed by atoms with Crippen molar-refractivity contribution in [3.05, 3.63) is 56.6 Å². The fraction of sp³-hybridized carbons (Fsp3) is 0.294. The maximum atomic E-state index is 12.1. The maximum absolute atomic E-state index is 12.1. The van der Waals surface area contributed by atoms with E-state index >= 15 is 0 Å². The van der Waals surface area contributed by atoms with Crippen LogP contribution in [0.5, 0.6) is 0 Å². The molecule has 0 spiro atoms. The largest absolute Gasteiger partial charge is 0.298 e. The van der Waals surface area contributed by atoms with Crippen molar-refractivity contribution < 1.29 is 9.72 Å². The third kappa shape index (κ3) is 4.28. The number of nitrogens with zero attached hydrogens (tertiary/aromatic N) is 3. The van der Waals surface area contributed by atoms with Crippen LogP contribution in [-0.2, 0) is 17.8 Å². The molecule has 1 aromatic carbocycles. The van der Waals surface area contributed by atoms with Gasteiger partial charge in [0.1, 0.15) is 0 Å². The Labute approximate surface area is 149 Å². The standard InChI is InChI=1S/C17H18N4O3S/c1-2-20-9-8-14-15(11-20)25-17(18-14)19-16(22)7-6-12-4-3-5-13(10-12)21(23)24/h3-7,10H,2,8-9,11H2,1H3,(H,18,19,22). The molecule has 1 N–H and O–H groups in total. The third-order valence-electron chi connectivity index (χ3n) is 4.00. The number of fused-ring (bicyclic) bond motifs is 1. The molecule has 1 amide bonds. The lowest BCUT2D eigenvalue weighted by Gasteiger charge is -2.23. The summed E-state index contributed by atoms with van der Waals surface area (Å²) in [4.78, 5) is 30.4. The molecule has 2 aromatic rings. The monoisotopic (exact) mass is 358 g/mol. The first-order chi connectivity index (χ1) is 12.0. The highest BCUT2D eigenvalue weighted by molar-refractivity contribution is 7.15. The van der Waals surface area contributed by atoms with E-state index in [1.807, 2.05) is 0 Å². The molecule has 0 atom stereocenters. The van der Waals surface area contributed by atoms with Gasteiger partial charge in [-0.2, -0.15) is 0 Å². The van der Waals surface area contributed by atoms with Crippen molar-refractivity contribution in [1.82, 2.24) is 9.88 Å². The Morgan fingerprint density at radius 3 is 3.12 bits per heavy atom. The molecule has 25 heavy (non-hydrogen) atoms. The van der Waals surface area contributed by atoms with E-state index in [2.05, 4.69) is 22.1 Å². The highest BCUT2D eigenvalue weighted by atomic mass is 32.1. The van der Waals surface area contributed by atoms with Crippen molar-refractivity contribution in [3.63, 3.8) is 0 Å². The molecule has 0 saturated carbocycles. The Kier molecular flexibility index (Phi) is 5.20. The summed E-state index contributed by atoms with van der Waals surface area (Å²) in [7, 11) is 0. The average Bonchev–Trinajstić information content (AvgIpc) is 3.01. The fourth-order valence-electron chi connectivity index (χ4n) is 2.63. The zero-order valence-corrected chi connectivity index (χ0v) is 14.6. The minimum absolute atomic E-state index is 0.00404. The van der Waals surface area contributed by atoms with Crippen LogP contribution in [0.1, 0.15) is 23.1 Å². The number of nitro benzene ring substituents is 1. The first-order valence-electron chi connectivity index (χ1n) is 7.99. The number of aromatic nitrogens is 1. The average molecular weight is 358 g/mol. The van der Waals surface area contributed by atoms with Crippen LogP contribution in [0.3, 0.4) is 0 Å². The van der Waals surface area contributed by atoms with Crippen LogP contribution in [-0.4, -0.2) is 33.8 Å². The molecule has 0 fully saturated rings. The summed E-state index contributed by atoms with van der Waals surface area (Å²) in [6, 6.07) is 6.13. The number of non-ortho nitro benzene ring substituents is 1. The molecule has 0 radical (unpaired) electrons. The first-order valence-corrected chi connectivity index (χ1v) is 8.81. The van der Waals surface area contributed by atoms with E-state index in [9.17, 15) is 14.9 Å². The van der Waals surface area contributed by atoms with E-state index in [-0.39, 0.29) is 11.6 Å². The molecule has 0 bridgehead atoms. The summed E-state index contributed by atoms with van der Waals surface area (Å²) in [5.41, 5.74) is 1.66. The van der Waals surface area contributed by atoms with Crippen LogP contribution >= 0.6 is 11.3 Å². The fourth-order valence-corrected chi connectivity index (χ4v) is 3.69. The van der Waals surface area contributed by atoms with Crippen LogP contribution in [0.15, 0.2) is 30.3 Å². The summed E-state index contributed by atoms with van der Waals surface area (Å²) in [5.74, 6) is -0.301. The molecule has 2 heterocycles. The Morgan fingerprint density at radius 1 is 1.52 bits per heavy atom. The van der Waals surface area contributed by atoms with E-state index < -0.39 is 4.92 Å².